The van der Waals surface area contributed by atoms with Gasteiger partial charge in [0, 0.05) is 25.9 Å². The van der Waals surface area contributed by atoms with Crippen LogP contribution in [-0.2, 0) is 4.79 Å². The summed E-state index contributed by atoms with van der Waals surface area (Å²) >= 11 is 0. The van der Waals surface area contributed by atoms with E-state index >= 15 is 0 Å². The van der Waals surface area contributed by atoms with Crippen molar-refractivity contribution in [1.29, 1.82) is 0 Å². The van der Waals surface area contributed by atoms with Gasteiger partial charge >= 0.3 is 0 Å². The highest BCUT2D eigenvalue weighted by atomic mass is 16.1. The van der Waals surface area contributed by atoms with Crippen molar-refractivity contribution < 1.29 is 4.79 Å². The summed E-state index contributed by atoms with van der Waals surface area (Å²) in [5.74, 6) is 0.0926. The van der Waals surface area contributed by atoms with Gasteiger partial charge in [0.2, 0.25) is 5.91 Å². The van der Waals surface area contributed by atoms with Gasteiger partial charge < -0.3 is 5.32 Å². The van der Waals surface area contributed by atoms with Crippen molar-refractivity contribution in [3.63, 3.8) is 0 Å². The van der Waals surface area contributed by atoms with E-state index in [0.29, 0.717) is 6.42 Å². The van der Waals surface area contributed by atoms with Crippen LogP contribution in [0.4, 0.5) is 0 Å². The van der Waals surface area contributed by atoms with E-state index in [1.54, 1.807) is 19.4 Å². The molecule has 1 aromatic heterocycles. The van der Waals surface area contributed by atoms with Gasteiger partial charge in [0.15, 0.2) is 0 Å². The molecule has 0 bridgehead atoms. The van der Waals surface area contributed by atoms with Crippen molar-refractivity contribution in [1.82, 2.24) is 10.3 Å². The van der Waals surface area contributed by atoms with Crippen molar-refractivity contribution in [2.24, 2.45) is 0 Å². The second-order valence-corrected chi connectivity index (χ2v) is 2.05. The van der Waals surface area contributed by atoms with Gasteiger partial charge in [-0.2, -0.15) is 0 Å². The summed E-state index contributed by atoms with van der Waals surface area (Å²) in [6.45, 7) is 5.82. The molecule has 0 saturated carbocycles. The molecule has 1 N–H and O–H groups in total. The zero-order valence-corrected chi connectivity index (χ0v) is 9.45. The maximum atomic E-state index is 10.1. The molecule has 0 aliphatic rings. The number of amides is 1. The van der Waals surface area contributed by atoms with E-state index < -0.39 is 0 Å². The van der Waals surface area contributed by atoms with E-state index in [2.05, 4.69) is 10.3 Å². The third-order valence-electron chi connectivity index (χ3n) is 1.17. The smallest absolute Gasteiger partial charge is 0.219 e. The summed E-state index contributed by atoms with van der Waals surface area (Å²) in [6, 6.07) is 5.72. The predicted molar refractivity (Wildman–Crippen MR) is 59.9 cm³/mol. The van der Waals surface area contributed by atoms with Gasteiger partial charge in [-0.1, -0.05) is 26.8 Å². The van der Waals surface area contributed by atoms with E-state index in [-0.39, 0.29) is 5.91 Å². The zero-order valence-electron chi connectivity index (χ0n) is 9.45. The second kappa shape index (κ2) is 14.2. The Morgan fingerprint density at radius 1 is 1.21 bits per heavy atom. The molecule has 1 heterocycles. The Morgan fingerprint density at radius 3 is 1.79 bits per heavy atom. The molecule has 0 radical (unpaired) electrons. The fraction of sp³-hybridized carbons (Fsp3) is 0.455. The first-order chi connectivity index (χ1) is 6.81. The van der Waals surface area contributed by atoms with Crippen LogP contribution >= 0.6 is 0 Å². The third-order valence-corrected chi connectivity index (χ3v) is 1.17. The van der Waals surface area contributed by atoms with Crippen LogP contribution in [0.15, 0.2) is 30.6 Å². The van der Waals surface area contributed by atoms with Gasteiger partial charge in [-0.05, 0) is 12.1 Å². The highest BCUT2D eigenvalue weighted by molar-refractivity contribution is 5.74. The number of nitrogens with one attached hydrogen (secondary N) is 1. The first kappa shape index (κ1) is 15.1. The number of hydrogen-bond acceptors (Lipinski definition) is 2. The number of hydrogen-bond donors (Lipinski definition) is 1. The van der Waals surface area contributed by atoms with Gasteiger partial charge in [-0.3, -0.25) is 9.78 Å². The SMILES string of the molecule is CC.CCC(=O)NC.c1ccncc1. The Balaban J connectivity index is 0. The van der Waals surface area contributed by atoms with E-state index in [1.807, 2.05) is 39.0 Å². The number of pyridine rings is 1. The molecule has 80 valence electrons. The van der Waals surface area contributed by atoms with Crippen molar-refractivity contribution in [3.8, 4) is 0 Å². The molecule has 1 aromatic rings. The van der Waals surface area contributed by atoms with Crippen LogP contribution in [0, 0.1) is 0 Å². The number of nitrogens with zero attached hydrogens (tertiary/aromatic N) is 1. The lowest BCUT2D eigenvalue weighted by Gasteiger charge is -1.87. The molecule has 1 rings (SSSR count). The van der Waals surface area contributed by atoms with Gasteiger partial charge in [0.25, 0.3) is 0 Å². The normalized spacial score (nSPS) is 7.14. The van der Waals surface area contributed by atoms with E-state index in [4.69, 9.17) is 0 Å². The summed E-state index contributed by atoms with van der Waals surface area (Å²) in [5.41, 5.74) is 0. The first-order valence-corrected chi connectivity index (χ1v) is 4.86. The highest BCUT2D eigenvalue weighted by Crippen LogP contribution is 1.73. The van der Waals surface area contributed by atoms with Crippen LogP contribution in [0.2, 0.25) is 0 Å². The Kier molecular flexibility index (Phi) is 15.3. The maximum absolute atomic E-state index is 10.1. The standard InChI is InChI=1S/C5H5N.C4H9NO.C2H6/c1-2-4-6-5-3-1;1-3-4(6)5-2;1-2/h1-5H;3H2,1-2H3,(H,5,6);1-2H3. The fourth-order valence-corrected chi connectivity index (χ4v) is 0.489. The molecule has 0 aliphatic carbocycles. The van der Waals surface area contributed by atoms with Crippen LogP contribution in [0.3, 0.4) is 0 Å². The van der Waals surface area contributed by atoms with Crippen LogP contribution in [0.5, 0.6) is 0 Å². The molecule has 3 heteroatoms. The number of carbonyl (C=O) groups is 1. The summed E-state index contributed by atoms with van der Waals surface area (Å²) < 4.78 is 0. The van der Waals surface area contributed by atoms with Gasteiger partial charge in [0.05, 0.1) is 0 Å². The molecule has 1 amide bonds. The molecule has 0 unspecified atom stereocenters. The van der Waals surface area contributed by atoms with Crippen LogP contribution in [0.25, 0.3) is 0 Å². The molecule has 0 aromatic carbocycles. The maximum Gasteiger partial charge on any atom is 0.219 e. The largest absolute Gasteiger partial charge is 0.359 e. The monoisotopic (exact) mass is 196 g/mol. The number of aromatic nitrogens is 1. The van der Waals surface area contributed by atoms with Gasteiger partial charge in [-0.25, -0.2) is 0 Å². The van der Waals surface area contributed by atoms with Crippen molar-refractivity contribution in [2.75, 3.05) is 7.05 Å². The Bertz CT molecular complexity index is 167. The zero-order chi connectivity index (χ0) is 11.2. The molecule has 0 atom stereocenters. The van der Waals surface area contributed by atoms with E-state index in [1.165, 1.54) is 0 Å². The number of carbonyl (C=O) groups excluding carboxylic acids is 1. The van der Waals surface area contributed by atoms with Crippen molar-refractivity contribution in [3.05, 3.63) is 30.6 Å². The minimum Gasteiger partial charge on any atom is -0.359 e. The van der Waals surface area contributed by atoms with Crippen molar-refractivity contribution in [2.45, 2.75) is 27.2 Å². The lowest BCUT2D eigenvalue weighted by Crippen LogP contribution is -2.15. The Hall–Kier alpha value is -1.38. The average Bonchev–Trinajstić information content (AvgIpc) is 2.33. The van der Waals surface area contributed by atoms with Crippen LogP contribution in [0.1, 0.15) is 27.2 Å². The Morgan fingerprint density at radius 2 is 1.71 bits per heavy atom. The van der Waals surface area contributed by atoms with E-state index in [9.17, 15) is 4.79 Å². The summed E-state index contributed by atoms with van der Waals surface area (Å²) in [6.07, 6.45) is 4.08. The Labute approximate surface area is 86.6 Å². The lowest BCUT2D eigenvalue weighted by atomic mass is 10.5. The summed E-state index contributed by atoms with van der Waals surface area (Å²) in [4.78, 5) is 13.9. The molecule has 14 heavy (non-hydrogen) atoms. The molecular formula is C11H20N2O. The predicted octanol–water partition coefficient (Wildman–Crippen LogP) is 2.25. The minimum atomic E-state index is 0.0926. The summed E-state index contributed by atoms with van der Waals surface area (Å²) in [5, 5.41) is 2.48. The minimum absolute atomic E-state index is 0.0926. The topological polar surface area (TPSA) is 42.0 Å². The third kappa shape index (κ3) is 13.2. The van der Waals surface area contributed by atoms with Crippen molar-refractivity contribution >= 4 is 5.91 Å². The quantitative estimate of drug-likeness (QED) is 0.748. The molecule has 0 saturated heterocycles. The van der Waals surface area contributed by atoms with E-state index in [0.717, 1.165) is 0 Å². The molecular weight excluding hydrogens is 176 g/mol. The first-order valence-electron chi connectivity index (χ1n) is 4.86. The highest BCUT2D eigenvalue weighted by Gasteiger charge is 1.84. The van der Waals surface area contributed by atoms with Gasteiger partial charge in [-0.15, -0.1) is 0 Å². The second-order valence-electron chi connectivity index (χ2n) is 2.05. The van der Waals surface area contributed by atoms with Crippen LogP contribution < -0.4 is 5.32 Å². The lowest BCUT2D eigenvalue weighted by molar-refractivity contribution is -0.120. The molecule has 3 nitrogen and oxygen atoms in total. The fourth-order valence-electron chi connectivity index (χ4n) is 0.489. The average molecular weight is 196 g/mol. The molecule has 0 spiro atoms. The molecule has 0 aliphatic heterocycles. The number of rotatable bonds is 1. The van der Waals surface area contributed by atoms with Crippen LogP contribution in [-0.4, -0.2) is 17.9 Å². The van der Waals surface area contributed by atoms with Gasteiger partial charge in [0.1, 0.15) is 0 Å². The molecule has 0 fully saturated rings. The summed E-state index contributed by atoms with van der Waals surface area (Å²) in [7, 11) is 1.63.